The number of aliphatic imine (C=N–C) groups is 1. The molecular formula is C12H17F3N4O2S. The highest BCUT2D eigenvalue weighted by Gasteiger charge is 2.33. The predicted octanol–water partition coefficient (Wildman–Crippen LogP) is 1.24. The zero-order chi connectivity index (χ0) is 16.0. The summed E-state index contributed by atoms with van der Waals surface area (Å²) in [5, 5.41) is 7.29. The molecule has 1 fully saturated rings. The fraction of sp³-hybridized carbons (Fsp3) is 0.667. The van der Waals surface area contributed by atoms with Gasteiger partial charge in [-0.3, -0.25) is 4.99 Å². The van der Waals surface area contributed by atoms with Crippen molar-refractivity contribution < 1.29 is 22.6 Å². The van der Waals surface area contributed by atoms with E-state index in [1.165, 1.54) is 0 Å². The van der Waals surface area contributed by atoms with Crippen LogP contribution in [-0.4, -0.2) is 50.5 Å². The molecule has 6 nitrogen and oxygen atoms in total. The predicted molar refractivity (Wildman–Crippen MR) is 75.9 cm³/mol. The zero-order valence-electron chi connectivity index (χ0n) is 11.9. The summed E-state index contributed by atoms with van der Waals surface area (Å²) in [6.45, 7) is 2.33. The highest BCUT2D eigenvalue weighted by Crippen LogP contribution is 2.29. The minimum absolute atomic E-state index is 0.0657. The van der Waals surface area contributed by atoms with E-state index in [4.69, 9.17) is 9.47 Å². The first-order chi connectivity index (χ1) is 10.5. The summed E-state index contributed by atoms with van der Waals surface area (Å²) < 4.78 is 48.1. The smallest absolute Gasteiger partial charge is 0.376 e. The fourth-order valence-corrected chi connectivity index (χ4v) is 2.51. The molecule has 1 aromatic heterocycles. The van der Waals surface area contributed by atoms with Crippen molar-refractivity contribution in [1.29, 1.82) is 0 Å². The van der Waals surface area contributed by atoms with Gasteiger partial charge in [-0.1, -0.05) is 0 Å². The first-order valence-electron chi connectivity index (χ1n) is 6.64. The van der Waals surface area contributed by atoms with E-state index >= 15 is 0 Å². The van der Waals surface area contributed by atoms with E-state index in [9.17, 15) is 13.2 Å². The number of guanidine groups is 1. The first kappa shape index (κ1) is 17.0. The molecule has 0 saturated carbocycles. The number of ether oxygens (including phenoxy) is 2. The van der Waals surface area contributed by atoms with Crippen LogP contribution in [0.4, 0.5) is 13.2 Å². The van der Waals surface area contributed by atoms with E-state index in [0.29, 0.717) is 37.3 Å². The minimum Gasteiger partial charge on any atom is -0.376 e. The van der Waals surface area contributed by atoms with Gasteiger partial charge in [-0.15, -0.1) is 11.3 Å². The van der Waals surface area contributed by atoms with Crippen molar-refractivity contribution in [2.24, 2.45) is 4.99 Å². The van der Waals surface area contributed by atoms with Gasteiger partial charge in [0.05, 0.1) is 32.5 Å². The lowest BCUT2D eigenvalue weighted by molar-refractivity contribution is -0.140. The lowest BCUT2D eigenvalue weighted by Crippen LogP contribution is -2.44. The third-order valence-corrected chi connectivity index (χ3v) is 3.70. The Morgan fingerprint density at radius 3 is 2.86 bits per heavy atom. The van der Waals surface area contributed by atoms with Gasteiger partial charge in [0.2, 0.25) is 0 Å². The number of nitrogens with one attached hydrogen (secondary N) is 2. The highest BCUT2D eigenvalue weighted by atomic mass is 32.1. The molecule has 0 amide bonds. The van der Waals surface area contributed by atoms with Crippen molar-refractivity contribution >= 4 is 17.3 Å². The van der Waals surface area contributed by atoms with Gasteiger partial charge in [0, 0.05) is 19.0 Å². The van der Waals surface area contributed by atoms with Crippen molar-refractivity contribution in [2.75, 3.05) is 33.4 Å². The van der Waals surface area contributed by atoms with Crippen LogP contribution in [0.5, 0.6) is 0 Å². The number of nitrogens with zero attached hydrogens (tertiary/aromatic N) is 2. The highest BCUT2D eigenvalue weighted by molar-refractivity contribution is 7.09. The molecule has 22 heavy (non-hydrogen) atoms. The topological polar surface area (TPSA) is 67.8 Å². The summed E-state index contributed by atoms with van der Waals surface area (Å²) in [6.07, 6.45) is -4.48. The second-order valence-corrected chi connectivity index (χ2v) is 5.44. The maximum absolute atomic E-state index is 12.5. The molecule has 1 unspecified atom stereocenters. The third-order valence-electron chi connectivity index (χ3n) is 2.85. The van der Waals surface area contributed by atoms with Crippen molar-refractivity contribution in [1.82, 2.24) is 15.6 Å². The molecule has 2 N–H and O–H groups in total. The summed E-state index contributed by atoms with van der Waals surface area (Å²) in [6, 6.07) is 0. The number of rotatable bonds is 4. The number of hydrogen-bond acceptors (Lipinski definition) is 5. The lowest BCUT2D eigenvalue weighted by Gasteiger charge is -2.23. The van der Waals surface area contributed by atoms with Crippen LogP contribution in [0.25, 0.3) is 0 Å². The number of aromatic nitrogens is 1. The minimum atomic E-state index is -4.41. The third kappa shape index (κ3) is 5.11. The molecular weight excluding hydrogens is 321 g/mol. The van der Waals surface area contributed by atoms with E-state index in [0.717, 1.165) is 16.7 Å². The van der Waals surface area contributed by atoms with E-state index in [1.807, 2.05) is 0 Å². The second kappa shape index (κ2) is 7.75. The van der Waals surface area contributed by atoms with E-state index in [-0.39, 0.29) is 12.6 Å². The van der Waals surface area contributed by atoms with Crippen LogP contribution in [0.1, 0.15) is 10.7 Å². The lowest BCUT2D eigenvalue weighted by atomic mass is 10.3. The monoisotopic (exact) mass is 338 g/mol. The second-order valence-electron chi connectivity index (χ2n) is 4.50. The molecule has 1 saturated heterocycles. The molecule has 2 heterocycles. The molecule has 0 spiro atoms. The normalized spacial score (nSPS) is 20.0. The molecule has 1 aliphatic rings. The molecule has 0 aromatic carbocycles. The maximum Gasteiger partial charge on any atom is 0.434 e. The van der Waals surface area contributed by atoms with E-state index in [1.54, 1.807) is 7.05 Å². The summed E-state index contributed by atoms with van der Waals surface area (Å²) in [5.41, 5.74) is -0.870. The van der Waals surface area contributed by atoms with Crippen LogP contribution in [0.15, 0.2) is 10.4 Å². The molecule has 1 atom stereocenters. The Kier molecular flexibility index (Phi) is 5.98. The number of hydrogen-bond donors (Lipinski definition) is 2. The summed E-state index contributed by atoms with van der Waals surface area (Å²) in [4.78, 5) is 7.54. The van der Waals surface area contributed by atoms with Crippen molar-refractivity contribution in [2.45, 2.75) is 18.8 Å². The first-order valence-corrected chi connectivity index (χ1v) is 7.52. The molecule has 1 aromatic rings. The summed E-state index contributed by atoms with van der Waals surface area (Å²) in [5.74, 6) is 0.470. The Bertz CT molecular complexity index is 501. The van der Waals surface area contributed by atoms with Crippen LogP contribution in [0.2, 0.25) is 0 Å². The molecule has 0 aliphatic carbocycles. The van der Waals surface area contributed by atoms with Gasteiger partial charge in [0.15, 0.2) is 11.7 Å². The number of halogens is 3. The van der Waals surface area contributed by atoms with Gasteiger partial charge < -0.3 is 20.1 Å². The SMILES string of the molecule is CN=C(NCc1nc(C(F)(F)F)cs1)NCC1COCCO1. The van der Waals surface area contributed by atoms with Crippen molar-refractivity contribution in [3.05, 3.63) is 16.1 Å². The van der Waals surface area contributed by atoms with Crippen LogP contribution >= 0.6 is 11.3 Å². The van der Waals surface area contributed by atoms with E-state index < -0.39 is 11.9 Å². The Hall–Kier alpha value is -1.39. The van der Waals surface area contributed by atoms with Crippen LogP contribution in [0, 0.1) is 0 Å². The Balaban J connectivity index is 1.77. The average Bonchev–Trinajstić information content (AvgIpc) is 2.97. The van der Waals surface area contributed by atoms with Gasteiger partial charge >= 0.3 is 6.18 Å². The number of alkyl halides is 3. The molecule has 2 rings (SSSR count). The van der Waals surface area contributed by atoms with Crippen molar-refractivity contribution in [3.8, 4) is 0 Å². The molecule has 0 bridgehead atoms. The van der Waals surface area contributed by atoms with Gasteiger partial charge in [0.1, 0.15) is 5.01 Å². The summed E-state index contributed by atoms with van der Waals surface area (Å²) in [7, 11) is 1.58. The fourth-order valence-electron chi connectivity index (χ4n) is 1.77. The zero-order valence-corrected chi connectivity index (χ0v) is 12.8. The van der Waals surface area contributed by atoms with Crippen LogP contribution < -0.4 is 10.6 Å². The average molecular weight is 338 g/mol. The van der Waals surface area contributed by atoms with Gasteiger partial charge in [-0.25, -0.2) is 4.98 Å². The standard InChI is InChI=1S/C12H17F3N4O2S/c1-16-11(17-4-8-6-20-2-3-21-8)18-5-10-19-9(7-22-10)12(13,14)15/h7-8H,2-6H2,1H3,(H2,16,17,18). The van der Waals surface area contributed by atoms with Crippen molar-refractivity contribution in [3.63, 3.8) is 0 Å². The van der Waals surface area contributed by atoms with Gasteiger partial charge in [-0.05, 0) is 0 Å². The Morgan fingerprint density at radius 1 is 1.45 bits per heavy atom. The van der Waals surface area contributed by atoms with Crippen LogP contribution in [-0.2, 0) is 22.2 Å². The number of thiazole rings is 1. The summed E-state index contributed by atoms with van der Waals surface area (Å²) >= 11 is 0.954. The maximum atomic E-state index is 12.5. The molecule has 0 radical (unpaired) electrons. The van der Waals surface area contributed by atoms with Gasteiger partial charge in [-0.2, -0.15) is 13.2 Å². The quantitative estimate of drug-likeness (QED) is 0.639. The molecule has 1 aliphatic heterocycles. The molecule has 10 heteroatoms. The largest absolute Gasteiger partial charge is 0.434 e. The Labute approximate surface area is 129 Å². The molecule has 124 valence electrons. The van der Waals surface area contributed by atoms with E-state index in [2.05, 4.69) is 20.6 Å². The van der Waals surface area contributed by atoms with Gasteiger partial charge in [0.25, 0.3) is 0 Å². The Morgan fingerprint density at radius 2 is 2.27 bits per heavy atom. The van der Waals surface area contributed by atoms with Crippen LogP contribution in [0.3, 0.4) is 0 Å².